The maximum absolute atomic E-state index is 13.4. The van der Waals surface area contributed by atoms with Crippen LogP contribution < -0.4 is 0 Å². The lowest BCUT2D eigenvalue weighted by atomic mass is 9.93. The number of oxime groups is 1. The summed E-state index contributed by atoms with van der Waals surface area (Å²) in [6.45, 7) is 4.26. The Hall–Kier alpha value is -2.62. The second kappa shape index (κ2) is 6.03. The largest absolute Gasteiger partial charge is 0.410 e. The van der Waals surface area contributed by atoms with Crippen LogP contribution in [0.1, 0.15) is 54.6 Å². The second-order valence-electron chi connectivity index (χ2n) is 7.06. The predicted molar refractivity (Wildman–Crippen MR) is 98.2 cm³/mol. The molecule has 0 saturated carbocycles. The first-order chi connectivity index (χ1) is 12.1. The van der Waals surface area contributed by atoms with Crippen molar-refractivity contribution in [2.24, 2.45) is 5.16 Å². The molecule has 25 heavy (non-hydrogen) atoms. The summed E-state index contributed by atoms with van der Waals surface area (Å²) in [7, 11) is 0. The highest BCUT2D eigenvalue weighted by Gasteiger charge is 2.34. The average Bonchev–Trinajstić information content (AvgIpc) is 2.95. The summed E-state index contributed by atoms with van der Waals surface area (Å²) in [5.41, 5.74) is 4.79. The fraction of sp³-hybridized carbons (Fsp3) is 0.333. The van der Waals surface area contributed by atoms with Crippen LogP contribution in [-0.2, 0) is 0 Å². The number of amides is 1. The standard InChI is InChI=1S/C21H22N2O2/c1-13-7-5-8-14(2)23(13)21(24)18-12-6-11-17-19(18)15-9-3-4-10-16(15)20(17)22-25/h3-4,6,9-14,25H,5,7-8H2,1-2H3/b22-20+. The Kier molecular flexibility index (Phi) is 3.83. The number of nitrogens with zero attached hydrogens (tertiary/aromatic N) is 2. The SMILES string of the molecule is CC1CCCC(C)N1C(=O)c1cccc2c1-c1ccccc1/C2=N\O. The molecule has 2 aromatic carbocycles. The van der Waals surface area contributed by atoms with E-state index in [1.807, 2.05) is 47.4 Å². The number of carbonyl (C=O) groups is 1. The summed E-state index contributed by atoms with van der Waals surface area (Å²) in [6.07, 6.45) is 3.26. The molecule has 1 heterocycles. The molecule has 0 radical (unpaired) electrons. The molecule has 1 amide bonds. The van der Waals surface area contributed by atoms with Gasteiger partial charge in [-0.15, -0.1) is 0 Å². The van der Waals surface area contributed by atoms with Crippen molar-refractivity contribution < 1.29 is 10.0 Å². The molecule has 1 N–H and O–H groups in total. The number of benzene rings is 2. The van der Waals surface area contributed by atoms with Gasteiger partial charge in [-0.3, -0.25) is 4.79 Å². The third-order valence-corrected chi connectivity index (χ3v) is 5.53. The molecule has 4 heteroatoms. The average molecular weight is 334 g/mol. The molecule has 2 unspecified atom stereocenters. The first-order valence-electron chi connectivity index (χ1n) is 8.91. The van der Waals surface area contributed by atoms with Crippen LogP contribution in [0.2, 0.25) is 0 Å². The molecule has 2 aromatic rings. The zero-order valence-corrected chi connectivity index (χ0v) is 14.6. The van der Waals surface area contributed by atoms with Crippen LogP contribution in [0.15, 0.2) is 47.6 Å². The first-order valence-corrected chi connectivity index (χ1v) is 8.91. The minimum atomic E-state index is 0.0746. The van der Waals surface area contributed by atoms with E-state index in [1.54, 1.807) is 0 Å². The molecule has 128 valence electrons. The number of likely N-dealkylation sites (tertiary alicyclic amines) is 1. The highest BCUT2D eigenvalue weighted by Crippen LogP contribution is 2.40. The fourth-order valence-corrected chi connectivity index (χ4v) is 4.34. The maximum atomic E-state index is 13.4. The normalized spacial score (nSPS) is 23.4. The zero-order valence-electron chi connectivity index (χ0n) is 14.6. The van der Waals surface area contributed by atoms with E-state index in [0.29, 0.717) is 11.3 Å². The van der Waals surface area contributed by atoms with Gasteiger partial charge in [0.25, 0.3) is 5.91 Å². The Balaban J connectivity index is 1.87. The number of hydrogen-bond acceptors (Lipinski definition) is 3. The number of hydrogen-bond donors (Lipinski definition) is 1. The van der Waals surface area contributed by atoms with E-state index in [4.69, 9.17) is 0 Å². The van der Waals surface area contributed by atoms with Crippen LogP contribution in [0.3, 0.4) is 0 Å². The van der Waals surface area contributed by atoms with Gasteiger partial charge in [0, 0.05) is 34.3 Å². The molecular weight excluding hydrogens is 312 g/mol. The van der Waals surface area contributed by atoms with E-state index in [1.165, 1.54) is 6.42 Å². The van der Waals surface area contributed by atoms with Gasteiger partial charge >= 0.3 is 0 Å². The third-order valence-electron chi connectivity index (χ3n) is 5.53. The third kappa shape index (κ3) is 2.36. The maximum Gasteiger partial charge on any atom is 0.254 e. The molecule has 1 aliphatic heterocycles. The van der Waals surface area contributed by atoms with Crippen molar-refractivity contribution in [1.29, 1.82) is 0 Å². The second-order valence-corrected chi connectivity index (χ2v) is 7.06. The molecule has 1 saturated heterocycles. The Morgan fingerprint density at radius 1 is 1.00 bits per heavy atom. The van der Waals surface area contributed by atoms with Crippen molar-refractivity contribution in [2.75, 3.05) is 0 Å². The quantitative estimate of drug-likeness (QED) is 0.533. The molecule has 2 atom stereocenters. The van der Waals surface area contributed by atoms with Crippen LogP contribution in [-0.4, -0.2) is 33.8 Å². The molecule has 1 fully saturated rings. The van der Waals surface area contributed by atoms with Crippen molar-refractivity contribution in [1.82, 2.24) is 4.90 Å². The van der Waals surface area contributed by atoms with E-state index in [-0.39, 0.29) is 18.0 Å². The summed E-state index contributed by atoms with van der Waals surface area (Å²) < 4.78 is 0. The summed E-state index contributed by atoms with van der Waals surface area (Å²) >= 11 is 0. The van der Waals surface area contributed by atoms with Gasteiger partial charge in [-0.2, -0.15) is 0 Å². The smallest absolute Gasteiger partial charge is 0.254 e. The highest BCUT2D eigenvalue weighted by molar-refractivity contribution is 6.26. The lowest BCUT2D eigenvalue weighted by Gasteiger charge is -2.39. The lowest BCUT2D eigenvalue weighted by molar-refractivity contribution is 0.0511. The first kappa shape index (κ1) is 15.9. The van der Waals surface area contributed by atoms with E-state index in [2.05, 4.69) is 19.0 Å². The van der Waals surface area contributed by atoms with Gasteiger partial charge in [-0.1, -0.05) is 41.6 Å². The van der Waals surface area contributed by atoms with E-state index < -0.39 is 0 Å². The highest BCUT2D eigenvalue weighted by atomic mass is 16.4. The Morgan fingerprint density at radius 2 is 1.64 bits per heavy atom. The number of rotatable bonds is 1. The van der Waals surface area contributed by atoms with E-state index in [9.17, 15) is 10.0 Å². The summed E-state index contributed by atoms with van der Waals surface area (Å²) in [5.74, 6) is 0.0746. The Morgan fingerprint density at radius 3 is 2.32 bits per heavy atom. The van der Waals surface area contributed by atoms with E-state index >= 15 is 0 Å². The van der Waals surface area contributed by atoms with Gasteiger partial charge in [0.2, 0.25) is 0 Å². The van der Waals surface area contributed by atoms with Gasteiger partial charge in [0.1, 0.15) is 5.71 Å². The predicted octanol–water partition coefficient (Wildman–Crippen LogP) is 4.30. The van der Waals surface area contributed by atoms with Gasteiger partial charge in [0.15, 0.2) is 0 Å². The van der Waals surface area contributed by atoms with Gasteiger partial charge < -0.3 is 10.1 Å². The van der Waals surface area contributed by atoms with Crippen LogP contribution >= 0.6 is 0 Å². The topological polar surface area (TPSA) is 52.9 Å². The van der Waals surface area contributed by atoms with Crippen molar-refractivity contribution in [3.8, 4) is 11.1 Å². The molecule has 0 bridgehead atoms. The van der Waals surface area contributed by atoms with Crippen LogP contribution in [0.4, 0.5) is 0 Å². The van der Waals surface area contributed by atoms with Gasteiger partial charge in [0.05, 0.1) is 0 Å². The number of fused-ring (bicyclic) bond motifs is 3. The molecule has 2 aliphatic rings. The monoisotopic (exact) mass is 334 g/mol. The summed E-state index contributed by atoms with van der Waals surface area (Å²) in [6, 6.07) is 14.0. The molecular formula is C21H22N2O2. The van der Waals surface area contributed by atoms with Crippen LogP contribution in [0.25, 0.3) is 11.1 Å². The molecule has 0 spiro atoms. The molecule has 1 aliphatic carbocycles. The van der Waals surface area contributed by atoms with Gasteiger partial charge in [-0.05, 0) is 44.7 Å². The van der Waals surface area contributed by atoms with Crippen molar-refractivity contribution >= 4 is 11.6 Å². The number of piperidine rings is 1. The number of carbonyl (C=O) groups excluding carboxylic acids is 1. The molecule has 4 nitrogen and oxygen atoms in total. The lowest BCUT2D eigenvalue weighted by Crippen LogP contribution is -2.47. The van der Waals surface area contributed by atoms with Crippen molar-refractivity contribution in [3.05, 3.63) is 59.2 Å². The van der Waals surface area contributed by atoms with Gasteiger partial charge in [-0.25, -0.2) is 0 Å². The minimum Gasteiger partial charge on any atom is -0.410 e. The Labute approximate surface area is 147 Å². The van der Waals surface area contributed by atoms with Crippen LogP contribution in [0.5, 0.6) is 0 Å². The van der Waals surface area contributed by atoms with Crippen molar-refractivity contribution in [3.63, 3.8) is 0 Å². The van der Waals surface area contributed by atoms with Crippen molar-refractivity contribution in [2.45, 2.75) is 45.2 Å². The minimum absolute atomic E-state index is 0.0746. The Bertz CT molecular complexity index is 862. The molecule has 0 aromatic heterocycles. The summed E-state index contributed by atoms with van der Waals surface area (Å²) in [4.78, 5) is 15.4. The fourth-order valence-electron chi connectivity index (χ4n) is 4.34. The van der Waals surface area contributed by atoms with E-state index in [0.717, 1.165) is 35.1 Å². The van der Waals surface area contributed by atoms with Crippen LogP contribution in [0, 0.1) is 0 Å². The summed E-state index contributed by atoms with van der Waals surface area (Å²) in [5, 5.41) is 13.0. The molecule has 4 rings (SSSR count). The zero-order chi connectivity index (χ0) is 17.6.